The van der Waals surface area contributed by atoms with Crippen molar-refractivity contribution in [2.24, 2.45) is 0 Å². The lowest BCUT2D eigenvalue weighted by molar-refractivity contribution is -0.894. The van der Waals surface area contributed by atoms with Crippen molar-refractivity contribution in [3.8, 4) is 11.8 Å². The van der Waals surface area contributed by atoms with E-state index in [4.69, 9.17) is 4.74 Å². The highest BCUT2D eigenvalue weighted by Gasteiger charge is 2.56. The molecule has 240 valence electrons. The molecule has 1 unspecified atom stereocenters. The monoisotopic (exact) mass is 643 g/mol. The number of anilines is 1. The quantitative estimate of drug-likeness (QED) is 0.348. The van der Waals surface area contributed by atoms with Crippen molar-refractivity contribution in [1.82, 2.24) is 4.90 Å². The van der Waals surface area contributed by atoms with Gasteiger partial charge in [-0.05, 0) is 48.4 Å². The van der Waals surface area contributed by atoms with Gasteiger partial charge < -0.3 is 37.0 Å². The summed E-state index contributed by atoms with van der Waals surface area (Å²) < 4.78 is 49.5. The topological polar surface area (TPSA) is 74.5 Å². The number of halogens is 4. The zero-order valence-electron chi connectivity index (χ0n) is 25.3. The first-order valence-electron chi connectivity index (χ1n) is 15.0. The fourth-order valence-corrected chi connectivity index (χ4v) is 6.01. The molecule has 2 heterocycles. The van der Waals surface area contributed by atoms with Crippen LogP contribution in [0.2, 0.25) is 0 Å². The minimum Gasteiger partial charge on any atom is -1.00 e. The fourth-order valence-electron chi connectivity index (χ4n) is 6.01. The summed E-state index contributed by atoms with van der Waals surface area (Å²) in [6.45, 7) is 8.15. The predicted octanol–water partition coefficient (Wildman–Crippen LogP) is 0.360. The van der Waals surface area contributed by atoms with E-state index in [9.17, 15) is 27.9 Å². The molecule has 2 aliphatic rings. The van der Waals surface area contributed by atoms with Crippen LogP contribution in [0.25, 0.3) is 10.8 Å². The van der Waals surface area contributed by atoms with Gasteiger partial charge in [-0.25, -0.2) is 0 Å². The molecule has 7 nitrogen and oxygen atoms in total. The molecule has 0 bridgehead atoms. The van der Waals surface area contributed by atoms with E-state index in [0.717, 1.165) is 29.4 Å². The number of alkyl halides is 3. The second-order valence-corrected chi connectivity index (χ2v) is 11.1. The lowest BCUT2D eigenvalue weighted by Gasteiger charge is -2.26. The highest BCUT2D eigenvalue weighted by molar-refractivity contribution is 6.10. The lowest BCUT2D eigenvalue weighted by atomic mass is 9.83. The Morgan fingerprint density at radius 2 is 1.73 bits per heavy atom. The number of hydrogen-bond acceptors (Lipinski definition) is 4. The van der Waals surface area contributed by atoms with Gasteiger partial charge >= 0.3 is 6.18 Å². The van der Waals surface area contributed by atoms with Gasteiger partial charge in [0.2, 0.25) is 5.91 Å². The third-order valence-corrected chi connectivity index (χ3v) is 8.55. The van der Waals surface area contributed by atoms with Crippen LogP contribution >= 0.6 is 0 Å². The van der Waals surface area contributed by atoms with Gasteiger partial charge in [0.05, 0.1) is 50.6 Å². The summed E-state index contributed by atoms with van der Waals surface area (Å²) in [5, 5.41) is 13.7. The average molecular weight is 644 g/mol. The van der Waals surface area contributed by atoms with Crippen LogP contribution in [0.1, 0.15) is 48.9 Å². The minimum absolute atomic E-state index is 0. The van der Waals surface area contributed by atoms with Crippen LogP contribution in [0.5, 0.6) is 0 Å². The smallest absolute Gasteiger partial charge is 0.416 e. The molecule has 1 atom stereocenters. The summed E-state index contributed by atoms with van der Waals surface area (Å²) in [4.78, 5) is 30.7. The summed E-state index contributed by atoms with van der Waals surface area (Å²) in [6, 6.07) is 14.4. The van der Waals surface area contributed by atoms with Gasteiger partial charge in [-0.2, -0.15) is 13.2 Å². The molecule has 5 rings (SSSR count). The van der Waals surface area contributed by atoms with Crippen molar-refractivity contribution in [2.45, 2.75) is 38.5 Å². The zero-order chi connectivity index (χ0) is 31.5. The highest BCUT2D eigenvalue weighted by atomic mass is 35.5. The van der Waals surface area contributed by atoms with Gasteiger partial charge in [0.15, 0.2) is 5.60 Å². The minimum atomic E-state index is -4.88. The first-order chi connectivity index (χ1) is 21.1. The van der Waals surface area contributed by atoms with Crippen LogP contribution in [0, 0.1) is 11.8 Å². The molecule has 1 saturated heterocycles. The first-order valence-corrected chi connectivity index (χ1v) is 15.0. The molecule has 3 aromatic rings. The number of carbonyl (C=O) groups is 2. The summed E-state index contributed by atoms with van der Waals surface area (Å²) >= 11 is 0. The van der Waals surface area contributed by atoms with Crippen LogP contribution in [-0.2, 0) is 26.1 Å². The molecule has 3 aromatic carbocycles. The molecule has 0 aliphatic carbocycles. The number of benzene rings is 3. The van der Waals surface area contributed by atoms with Crippen molar-refractivity contribution < 1.29 is 49.9 Å². The average Bonchev–Trinajstić information content (AvgIpc) is 3.25. The van der Waals surface area contributed by atoms with E-state index in [1.165, 1.54) is 17.0 Å². The Morgan fingerprint density at radius 1 is 1.04 bits per heavy atom. The molecule has 1 fully saturated rings. The van der Waals surface area contributed by atoms with E-state index in [1.807, 2.05) is 26.0 Å². The number of rotatable bonds is 8. The van der Waals surface area contributed by atoms with E-state index >= 15 is 0 Å². The SMILES string of the molecule is CC[NH+](CC)CCN1C(=O)C(O)(c2ccc3ccccc3c2)c2c1cc(C#CCCC(=O)N1CCOCC1)cc2C(F)(F)F.[Cl-]. The molecule has 0 spiro atoms. The summed E-state index contributed by atoms with van der Waals surface area (Å²) in [6.07, 6.45) is -4.56. The Morgan fingerprint density at radius 3 is 2.40 bits per heavy atom. The van der Waals surface area contributed by atoms with Crippen LogP contribution in [-0.4, -0.2) is 74.3 Å². The number of ether oxygens (including phenoxy) is 1. The standard InChI is InChI=1S/C34H36F3N3O4.ClH/c1-3-38(4-2)15-16-40-29-22-24(9-5-8-12-30(41)39-17-19-44-20-18-39)21-28(34(35,36)37)31(29)33(43,32(40)42)27-14-13-25-10-6-7-11-26(25)23-27;/h6-7,10-11,13-14,21-23,43H,3-4,8,12,15-20H2,1-2H3;1H. The Labute approximate surface area is 267 Å². The zero-order valence-corrected chi connectivity index (χ0v) is 26.1. The Bertz CT molecular complexity index is 1610. The molecule has 2 N–H and O–H groups in total. The molecule has 0 saturated carbocycles. The third-order valence-electron chi connectivity index (χ3n) is 8.55. The maximum Gasteiger partial charge on any atom is 0.416 e. The lowest BCUT2D eigenvalue weighted by Crippen LogP contribution is -3.12. The van der Waals surface area contributed by atoms with E-state index in [0.29, 0.717) is 38.2 Å². The second kappa shape index (κ2) is 14.2. The number of nitrogens with one attached hydrogen (secondary N) is 1. The number of nitrogens with zero attached hydrogens (tertiary/aromatic N) is 2. The number of aliphatic hydroxyl groups is 1. The number of amides is 2. The summed E-state index contributed by atoms with van der Waals surface area (Å²) in [5.41, 5.74) is -3.99. The number of fused-ring (bicyclic) bond motifs is 2. The normalized spacial score (nSPS) is 18.1. The van der Waals surface area contributed by atoms with Crippen molar-refractivity contribution in [3.05, 3.63) is 76.9 Å². The molecule has 0 radical (unpaired) electrons. The Kier molecular flexibility index (Phi) is 10.8. The molecule has 2 aliphatic heterocycles. The fraction of sp³-hybridized carbons (Fsp3) is 0.412. The van der Waals surface area contributed by atoms with Gasteiger partial charge in [-0.3, -0.25) is 9.59 Å². The van der Waals surface area contributed by atoms with Gasteiger partial charge in [0.1, 0.15) is 0 Å². The van der Waals surface area contributed by atoms with Crippen molar-refractivity contribution in [1.29, 1.82) is 0 Å². The Balaban J connectivity index is 0.00000461. The number of hydrogen-bond donors (Lipinski definition) is 2. The van der Waals surface area contributed by atoms with E-state index in [1.54, 1.807) is 29.2 Å². The van der Waals surface area contributed by atoms with Crippen molar-refractivity contribution in [3.63, 3.8) is 0 Å². The Hall–Kier alpha value is -3.62. The first kappa shape index (κ1) is 34.3. The number of quaternary nitrogens is 1. The molecule has 45 heavy (non-hydrogen) atoms. The molecular weight excluding hydrogens is 607 g/mol. The van der Waals surface area contributed by atoms with Crippen LogP contribution in [0.3, 0.4) is 0 Å². The molecule has 2 amide bonds. The molecule has 11 heteroatoms. The number of likely N-dealkylation sites (N-methyl/N-ethyl adjacent to an activating group) is 1. The maximum atomic E-state index is 14.8. The maximum absolute atomic E-state index is 14.8. The van der Waals surface area contributed by atoms with E-state index < -0.39 is 28.8 Å². The van der Waals surface area contributed by atoms with E-state index in [-0.39, 0.29) is 54.5 Å². The van der Waals surface area contributed by atoms with Crippen molar-refractivity contribution >= 4 is 28.3 Å². The van der Waals surface area contributed by atoms with Gasteiger partial charge in [-0.15, -0.1) is 0 Å². The molecule has 0 aromatic heterocycles. The summed E-state index contributed by atoms with van der Waals surface area (Å²) in [7, 11) is 0. The van der Waals surface area contributed by atoms with Gasteiger partial charge in [0, 0.05) is 37.1 Å². The van der Waals surface area contributed by atoms with Crippen LogP contribution in [0.15, 0.2) is 54.6 Å². The second-order valence-electron chi connectivity index (χ2n) is 11.1. The third kappa shape index (κ3) is 6.97. The van der Waals surface area contributed by atoms with Gasteiger partial charge in [0.25, 0.3) is 5.91 Å². The summed E-state index contributed by atoms with van der Waals surface area (Å²) in [5.74, 6) is 4.73. The van der Waals surface area contributed by atoms with Crippen LogP contribution < -0.4 is 22.2 Å². The number of morpholine rings is 1. The largest absolute Gasteiger partial charge is 1.00 e. The highest BCUT2D eigenvalue weighted by Crippen LogP contribution is 2.50. The molecular formula is C34H37ClF3N3O4. The predicted molar refractivity (Wildman–Crippen MR) is 161 cm³/mol. The van der Waals surface area contributed by atoms with Gasteiger partial charge in [-0.1, -0.05) is 48.2 Å². The van der Waals surface area contributed by atoms with Crippen molar-refractivity contribution in [2.75, 3.05) is 57.4 Å². The number of carbonyl (C=O) groups excluding carboxylic acids is 2. The van der Waals surface area contributed by atoms with Crippen LogP contribution in [0.4, 0.5) is 18.9 Å². The van der Waals surface area contributed by atoms with E-state index in [2.05, 4.69) is 11.8 Å².